The molecular formula is C87H99BF9N21NaO7. The van der Waals surface area contributed by atoms with E-state index in [0.717, 1.165) is 171 Å². The van der Waals surface area contributed by atoms with E-state index in [9.17, 15) is 53.9 Å². The van der Waals surface area contributed by atoms with Crippen LogP contribution in [0.4, 0.5) is 74.8 Å². The van der Waals surface area contributed by atoms with Crippen molar-refractivity contribution in [3.8, 4) is 0 Å². The molecule has 3 radical (unpaired) electrons. The van der Waals surface area contributed by atoms with E-state index >= 15 is 0 Å². The maximum absolute atomic E-state index is 12.6. The molecule has 126 heavy (non-hydrogen) atoms. The molecule has 0 unspecified atom stereocenters. The Hall–Kier alpha value is -10.7. The van der Waals surface area contributed by atoms with Crippen LogP contribution in [-0.2, 0) is 72.5 Å². The molecule has 0 aromatic carbocycles. The van der Waals surface area contributed by atoms with Gasteiger partial charge in [-0.1, -0.05) is 39.0 Å². The Kier molecular flexibility index (Phi) is 32.1. The maximum atomic E-state index is 12.6. The average Bonchev–Trinajstić information content (AvgIpc) is 1.60. The summed E-state index contributed by atoms with van der Waals surface area (Å²) in [6.45, 7) is 14.5. The molecule has 3 saturated carbocycles. The molecule has 12 aromatic heterocycles. The molecule has 0 amide bonds. The van der Waals surface area contributed by atoms with Gasteiger partial charge in [0.05, 0.1) is 54.4 Å². The van der Waals surface area contributed by atoms with Crippen LogP contribution in [0, 0.1) is 17.8 Å². The number of nitrogens with one attached hydrogen (secondary N) is 4. The Morgan fingerprint density at radius 3 is 1.09 bits per heavy atom. The van der Waals surface area contributed by atoms with Crippen molar-refractivity contribution in [2.75, 3.05) is 48.7 Å². The third-order valence-electron chi connectivity index (χ3n) is 23.2. The van der Waals surface area contributed by atoms with Crippen LogP contribution in [0.25, 0.3) is 65.8 Å². The monoisotopic (exact) mass is 1750 g/mol. The van der Waals surface area contributed by atoms with Crippen LogP contribution in [-0.4, -0.2) is 167 Å². The van der Waals surface area contributed by atoms with Crippen molar-refractivity contribution < 1.29 is 103 Å². The number of carbonyl (C=O) groups excluding carboxylic acids is 4. The van der Waals surface area contributed by atoms with Crippen molar-refractivity contribution in [3.05, 3.63) is 144 Å². The number of carbonyl (C=O) groups is 4. The van der Waals surface area contributed by atoms with E-state index in [-0.39, 0.29) is 48.9 Å². The molecule has 0 saturated heterocycles. The molecule has 0 spiro atoms. The third-order valence-corrected chi connectivity index (χ3v) is 23.2. The molecule has 0 bridgehead atoms. The number of hydrogen-bond acceptors (Lipinski definition) is 25. The second-order valence-electron chi connectivity index (χ2n) is 32.6. The second kappa shape index (κ2) is 42.8. The van der Waals surface area contributed by atoms with Crippen LogP contribution < -0.4 is 50.8 Å². The maximum Gasteiger partial charge on any atom is 1.00 e. The van der Waals surface area contributed by atoms with Gasteiger partial charge in [0.25, 0.3) is 0 Å². The van der Waals surface area contributed by atoms with Crippen molar-refractivity contribution in [2.24, 2.45) is 17.8 Å². The minimum atomic E-state index is -4.32. The van der Waals surface area contributed by atoms with Crippen molar-refractivity contribution in [3.63, 3.8) is 0 Å². The standard InChI is InChI=1S/2C27H30F3N7.C24H27N7.C4H6O4.C3H3F3O.C2H3BO2.Na/c2*1-17-2-5-19(6-3-17)37-23-15-31-11-8-20(23)21-14-32-26(35-25(21)37)34-24-7-4-18-16-36(12-9-22(18)33-24)13-10-27(28,29)30;1-15-2-5-17(6-3-15)31-21-14-26-10-8-18(21)19-13-27-24(30-23(19)31)29-22-7-4-16-12-25-11-9-20(16)28-22;1-3(5)7-8-4(2)6;4-3(5,6)1-2-7;1-2(4)5-3;/h2*4,7-8,11,14-15,17,19H,2-3,5-6,9-10,12-13,16H2,1H3,(H,32,33,34,35);4,7-8,10,13-15,17,25H,2-3,5-6,9,11-12H2,1H3,(H,27,28,29,30);1-2H3;2H,1H2;1H3;/q;;;;;-1;+1. The van der Waals surface area contributed by atoms with Crippen molar-refractivity contribution in [1.29, 1.82) is 0 Å². The van der Waals surface area contributed by atoms with Crippen LogP contribution in [0.1, 0.15) is 190 Å². The van der Waals surface area contributed by atoms with E-state index in [1.165, 1.54) is 69.2 Å². The number of aromatic nitrogens is 15. The number of pyridine rings is 6. The molecule has 18 rings (SSSR count). The van der Waals surface area contributed by atoms with Gasteiger partial charge in [-0.05, 0) is 148 Å². The molecular weight excluding hydrogens is 1660 g/mol. The van der Waals surface area contributed by atoms with E-state index in [2.05, 4.69) is 120 Å². The summed E-state index contributed by atoms with van der Waals surface area (Å²) in [6.07, 6.45) is 17.6. The van der Waals surface area contributed by atoms with Crippen LogP contribution in [0.15, 0.2) is 110 Å². The fourth-order valence-corrected chi connectivity index (χ4v) is 16.8. The SMILES string of the molecule is CC(=O)OOC(C)=O.CC1CCC(n2c3cnccc3c3cnc(Nc4ccc5c(n4)CCN(CCC(F)(F)F)C5)nc32)CC1.CC1CCC(n2c3cnccc3c3cnc(Nc4ccc5c(n4)CCN(CCC(F)(F)F)C5)nc32)CC1.CC1CCC(n2c3cnccc3c3cnc(Nc4ccc5c(n4)CCNC5)nc32)CC1.O=CCC(F)(F)F.[B-]OC(C)=O.[Na+]. The fraction of sp³-hybridized carbons (Fsp3) is 0.471. The molecule has 6 aliphatic rings. The normalized spacial score (nSPS) is 18.9. The van der Waals surface area contributed by atoms with Crippen molar-refractivity contribution >= 4 is 133 Å². The predicted octanol–water partition coefficient (Wildman–Crippen LogP) is 14.7. The van der Waals surface area contributed by atoms with Crippen LogP contribution in [0.5, 0.6) is 0 Å². The Labute approximate surface area is 744 Å². The molecule has 28 nitrogen and oxygen atoms in total. The van der Waals surface area contributed by atoms with Gasteiger partial charge < -0.3 is 52.5 Å². The number of nitrogens with zero attached hydrogens (tertiary/aromatic N) is 17. The largest absolute Gasteiger partial charge is 1.00 e. The number of alkyl halides is 9. The van der Waals surface area contributed by atoms with E-state index in [0.29, 0.717) is 86.6 Å². The van der Waals surface area contributed by atoms with Crippen molar-refractivity contribution in [2.45, 2.75) is 213 Å². The Bertz CT molecular complexity index is 5530. The summed E-state index contributed by atoms with van der Waals surface area (Å²) in [5.41, 5.74) is 12.3. The average molecular weight is 1760 g/mol. The Balaban J connectivity index is 0.000000154. The van der Waals surface area contributed by atoms with Gasteiger partial charge in [-0.25, -0.2) is 49.3 Å². The molecule has 12 aromatic rings. The summed E-state index contributed by atoms with van der Waals surface area (Å²) >= 11 is 0. The first-order valence-corrected chi connectivity index (χ1v) is 42.0. The van der Waals surface area contributed by atoms with Crippen LogP contribution >= 0.6 is 0 Å². The summed E-state index contributed by atoms with van der Waals surface area (Å²) in [5.74, 6) is 4.18. The number of fused-ring (bicyclic) bond motifs is 12. The smallest absolute Gasteiger partial charge is 0.793 e. The molecule has 3 aliphatic heterocycles. The Morgan fingerprint density at radius 2 is 0.786 bits per heavy atom. The number of rotatable bonds is 14. The first-order valence-electron chi connectivity index (χ1n) is 42.0. The molecule has 0 atom stereocenters. The summed E-state index contributed by atoms with van der Waals surface area (Å²) < 4.78 is 119. The second-order valence-corrected chi connectivity index (χ2v) is 32.6. The third kappa shape index (κ3) is 25.2. The summed E-state index contributed by atoms with van der Waals surface area (Å²) in [7, 11) is 4.32. The quantitative estimate of drug-likeness (QED) is 0.0258. The van der Waals surface area contributed by atoms with E-state index < -0.39 is 55.7 Å². The van der Waals surface area contributed by atoms with Gasteiger partial charge >= 0.3 is 60.0 Å². The predicted molar refractivity (Wildman–Crippen MR) is 454 cm³/mol. The zero-order valence-corrected chi connectivity index (χ0v) is 73.3. The molecule has 661 valence electrons. The van der Waals surface area contributed by atoms with Gasteiger partial charge in [-0.2, -0.15) is 54.5 Å². The molecule has 4 N–H and O–H groups in total. The number of hydrogen-bond donors (Lipinski definition) is 4. The minimum Gasteiger partial charge on any atom is -0.793 e. The van der Waals surface area contributed by atoms with E-state index in [1.807, 2.05) is 108 Å². The van der Waals surface area contributed by atoms with Gasteiger partial charge in [0.15, 0.2) is 0 Å². The first-order chi connectivity index (χ1) is 59.9. The molecule has 15 heterocycles. The molecule has 3 fully saturated rings. The zero-order valence-electron chi connectivity index (χ0n) is 71.3. The summed E-state index contributed by atoms with van der Waals surface area (Å²) in [6, 6.07) is 19.1. The number of anilines is 6. The molecule has 3 aliphatic carbocycles. The van der Waals surface area contributed by atoms with Gasteiger partial charge in [0.2, 0.25) is 23.8 Å². The minimum absolute atomic E-state index is 0. The van der Waals surface area contributed by atoms with Crippen LogP contribution in [0.3, 0.4) is 0 Å². The Morgan fingerprint density at radius 1 is 0.452 bits per heavy atom. The summed E-state index contributed by atoms with van der Waals surface area (Å²) in [4.78, 5) is 106. The fourth-order valence-electron chi connectivity index (χ4n) is 16.8. The topological polar surface area (TPSA) is 320 Å². The molecule has 39 heteroatoms. The van der Waals surface area contributed by atoms with Gasteiger partial charge in [0.1, 0.15) is 40.7 Å². The van der Waals surface area contributed by atoms with Gasteiger partial charge in [-0.3, -0.25) is 29.5 Å². The summed E-state index contributed by atoms with van der Waals surface area (Å²) in [5, 5.41) is 19.8. The van der Waals surface area contributed by atoms with Crippen molar-refractivity contribution in [1.82, 2.24) is 88.6 Å². The van der Waals surface area contributed by atoms with E-state index in [4.69, 9.17) is 34.7 Å². The van der Waals surface area contributed by atoms with Gasteiger partial charge in [-0.15, -0.1) is 0 Å². The van der Waals surface area contributed by atoms with Gasteiger partial charge in [0, 0.05) is 197 Å². The van der Waals surface area contributed by atoms with E-state index in [1.54, 1.807) is 0 Å². The van der Waals surface area contributed by atoms with Crippen LogP contribution in [0.2, 0.25) is 0 Å². The first kappa shape index (κ1) is 94.5. The number of halogens is 9. The zero-order chi connectivity index (χ0) is 88.7. The number of aldehydes is 1.